The Morgan fingerprint density at radius 2 is 1.88 bits per heavy atom. The van der Waals surface area contributed by atoms with Gasteiger partial charge in [-0.05, 0) is 17.7 Å². The van der Waals surface area contributed by atoms with E-state index in [4.69, 9.17) is 4.74 Å². The predicted octanol–water partition coefficient (Wildman–Crippen LogP) is 1.90. The molecule has 0 saturated heterocycles. The van der Waals surface area contributed by atoms with Crippen LogP contribution >= 0.6 is 0 Å². The van der Waals surface area contributed by atoms with Crippen molar-refractivity contribution < 1.29 is 9.53 Å². The fraction of sp³-hybridized carbons (Fsp3) is 0.211. The van der Waals surface area contributed by atoms with Gasteiger partial charge >= 0.3 is 0 Å². The number of nitrogens with zero attached hydrogens (tertiary/aromatic N) is 2. The Kier molecular flexibility index (Phi) is 5.20. The van der Waals surface area contributed by atoms with Crippen LogP contribution < -0.4 is 10.7 Å². The summed E-state index contributed by atoms with van der Waals surface area (Å²) < 4.78 is 6.97. The van der Waals surface area contributed by atoms with Gasteiger partial charge in [-0.2, -0.15) is 5.10 Å². The minimum absolute atomic E-state index is 0.0337. The van der Waals surface area contributed by atoms with E-state index in [1.54, 1.807) is 25.3 Å². The fourth-order valence-corrected chi connectivity index (χ4v) is 2.69. The van der Waals surface area contributed by atoms with E-state index >= 15 is 0 Å². The van der Waals surface area contributed by atoms with E-state index in [0.29, 0.717) is 17.4 Å². The molecule has 1 heterocycles. The maximum Gasteiger partial charge on any atom is 0.241 e. The van der Waals surface area contributed by atoms with Gasteiger partial charge in [0, 0.05) is 19.0 Å². The molecular formula is C19H19N3O3. The first-order valence-electron chi connectivity index (χ1n) is 7.98. The van der Waals surface area contributed by atoms with Gasteiger partial charge in [0.25, 0.3) is 0 Å². The molecule has 0 radical (unpaired) electrons. The average molecular weight is 337 g/mol. The topological polar surface area (TPSA) is 73.2 Å². The Labute approximate surface area is 145 Å². The average Bonchev–Trinajstić information content (AvgIpc) is 2.66. The number of para-hydroxylation sites is 1. The Balaban J connectivity index is 1.69. The minimum Gasteiger partial charge on any atom is -0.375 e. The first-order chi connectivity index (χ1) is 12.2. The fourth-order valence-electron chi connectivity index (χ4n) is 2.69. The highest BCUT2D eigenvalue weighted by Crippen LogP contribution is 2.15. The largest absolute Gasteiger partial charge is 0.375 e. The number of methoxy groups -OCH3 is 1. The van der Waals surface area contributed by atoms with Gasteiger partial charge in [0.2, 0.25) is 11.3 Å². The zero-order valence-corrected chi connectivity index (χ0v) is 13.9. The van der Waals surface area contributed by atoms with Crippen molar-refractivity contribution in [2.45, 2.75) is 12.6 Å². The van der Waals surface area contributed by atoms with Crippen molar-refractivity contribution in [1.82, 2.24) is 15.1 Å². The Bertz CT molecular complexity index is 922. The number of carbonyl (C=O) groups is 1. The molecule has 3 rings (SSSR count). The lowest BCUT2D eigenvalue weighted by atomic mass is 10.1. The molecule has 1 atom stereocenters. The summed E-state index contributed by atoms with van der Waals surface area (Å²) in [4.78, 5) is 24.1. The molecule has 25 heavy (non-hydrogen) atoms. The van der Waals surface area contributed by atoms with Crippen molar-refractivity contribution in [3.63, 3.8) is 0 Å². The third kappa shape index (κ3) is 3.92. The molecule has 0 fully saturated rings. The van der Waals surface area contributed by atoms with Gasteiger partial charge in [0.05, 0.1) is 17.8 Å². The molecule has 1 N–H and O–H groups in total. The molecule has 6 nitrogen and oxygen atoms in total. The molecule has 0 aliphatic heterocycles. The Hall–Kier alpha value is -2.99. The van der Waals surface area contributed by atoms with Crippen LogP contribution in [0.5, 0.6) is 0 Å². The number of rotatable bonds is 6. The lowest BCUT2D eigenvalue weighted by Crippen LogP contribution is -2.32. The quantitative estimate of drug-likeness (QED) is 0.746. The molecule has 0 spiro atoms. The summed E-state index contributed by atoms with van der Waals surface area (Å²) in [5, 5.41) is 7.47. The summed E-state index contributed by atoms with van der Waals surface area (Å²) in [5.41, 5.74) is 1.48. The molecule has 0 aliphatic carbocycles. The minimum atomic E-state index is -0.219. The Morgan fingerprint density at radius 3 is 2.64 bits per heavy atom. The molecule has 6 heteroatoms. The lowest BCUT2D eigenvalue weighted by molar-refractivity contribution is -0.122. The highest BCUT2D eigenvalue weighted by atomic mass is 16.5. The SMILES string of the molecule is COC(CNC(=O)Cn1ncc(=O)c2ccccc21)c1ccccc1. The third-order valence-corrected chi connectivity index (χ3v) is 4.00. The molecule has 1 aromatic heterocycles. The summed E-state index contributed by atoms with van der Waals surface area (Å²) in [7, 11) is 1.61. The van der Waals surface area contributed by atoms with Crippen LogP contribution in [0, 0.1) is 0 Å². The molecule has 2 aromatic carbocycles. The van der Waals surface area contributed by atoms with Gasteiger partial charge in [-0.1, -0.05) is 42.5 Å². The second kappa shape index (κ2) is 7.72. The van der Waals surface area contributed by atoms with E-state index in [1.165, 1.54) is 10.9 Å². The molecule has 3 aromatic rings. The monoisotopic (exact) mass is 337 g/mol. The van der Waals surface area contributed by atoms with E-state index in [0.717, 1.165) is 5.56 Å². The van der Waals surface area contributed by atoms with Crippen LogP contribution in [0.15, 0.2) is 65.6 Å². The van der Waals surface area contributed by atoms with Crippen LogP contribution in [0.3, 0.4) is 0 Å². The van der Waals surface area contributed by atoms with E-state index in [2.05, 4.69) is 10.4 Å². The van der Waals surface area contributed by atoms with E-state index in [9.17, 15) is 9.59 Å². The van der Waals surface area contributed by atoms with E-state index < -0.39 is 0 Å². The third-order valence-electron chi connectivity index (χ3n) is 4.00. The van der Waals surface area contributed by atoms with Crippen LogP contribution in [-0.2, 0) is 16.1 Å². The van der Waals surface area contributed by atoms with Gasteiger partial charge in [0.1, 0.15) is 6.54 Å². The molecule has 0 aliphatic rings. The van der Waals surface area contributed by atoms with Crippen LogP contribution in [0.25, 0.3) is 10.9 Å². The van der Waals surface area contributed by atoms with E-state index in [1.807, 2.05) is 36.4 Å². The second-order valence-electron chi connectivity index (χ2n) is 5.62. The van der Waals surface area contributed by atoms with Crippen molar-refractivity contribution >= 4 is 16.8 Å². The number of benzene rings is 2. The smallest absolute Gasteiger partial charge is 0.241 e. The molecule has 0 saturated carbocycles. The van der Waals surface area contributed by atoms with Crippen LogP contribution in [-0.4, -0.2) is 29.3 Å². The predicted molar refractivity (Wildman–Crippen MR) is 95.2 cm³/mol. The highest BCUT2D eigenvalue weighted by Gasteiger charge is 2.13. The second-order valence-corrected chi connectivity index (χ2v) is 5.62. The maximum absolute atomic E-state index is 12.3. The van der Waals surface area contributed by atoms with Crippen molar-refractivity contribution in [2.24, 2.45) is 0 Å². The van der Waals surface area contributed by atoms with Gasteiger partial charge < -0.3 is 10.1 Å². The summed E-state index contributed by atoms with van der Waals surface area (Å²) in [6, 6.07) is 16.8. The van der Waals surface area contributed by atoms with E-state index in [-0.39, 0.29) is 24.0 Å². The number of carbonyl (C=O) groups excluding carboxylic acids is 1. The molecular weight excluding hydrogens is 318 g/mol. The van der Waals surface area contributed by atoms with Gasteiger partial charge in [-0.3, -0.25) is 14.3 Å². The maximum atomic E-state index is 12.3. The first kappa shape index (κ1) is 16.9. The van der Waals surface area contributed by atoms with Gasteiger partial charge in [0.15, 0.2) is 0 Å². The number of hydrogen-bond donors (Lipinski definition) is 1. The Morgan fingerprint density at radius 1 is 1.16 bits per heavy atom. The molecule has 1 amide bonds. The number of fused-ring (bicyclic) bond motifs is 1. The molecule has 1 unspecified atom stereocenters. The summed E-state index contributed by atoms with van der Waals surface area (Å²) in [6.07, 6.45) is 1.02. The van der Waals surface area contributed by atoms with Crippen LogP contribution in [0.4, 0.5) is 0 Å². The summed E-state index contributed by atoms with van der Waals surface area (Å²) in [5.74, 6) is -0.195. The van der Waals surface area contributed by atoms with Crippen LogP contribution in [0.1, 0.15) is 11.7 Å². The van der Waals surface area contributed by atoms with Crippen molar-refractivity contribution in [2.75, 3.05) is 13.7 Å². The number of amides is 1. The van der Waals surface area contributed by atoms with Crippen molar-refractivity contribution in [3.05, 3.63) is 76.6 Å². The molecule has 0 bridgehead atoms. The normalized spacial score (nSPS) is 12.0. The summed E-state index contributed by atoms with van der Waals surface area (Å²) in [6.45, 7) is 0.392. The number of aromatic nitrogens is 2. The van der Waals surface area contributed by atoms with Crippen molar-refractivity contribution in [3.8, 4) is 0 Å². The zero-order chi connectivity index (χ0) is 17.6. The molecule has 128 valence electrons. The number of ether oxygens (including phenoxy) is 1. The zero-order valence-electron chi connectivity index (χ0n) is 13.9. The number of nitrogens with one attached hydrogen (secondary N) is 1. The van der Waals surface area contributed by atoms with Gasteiger partial charge in [-0.25, -0.2) is 0 Å². The highest BCUT2D eigenvalue weighted by molar-refractivity contribution is 5.81. The summed E-state index contributed by atoms with van der Waals surface area (Å²) >= 11 is 0. The van der Waals surface area contributed by atoms with Crippen LogP contribution in [0.2, 0.25) is 0 Å². The van der Waals surface area contributed by atoms with Gasteiger partial charge in [-0.15, -0.1) is 0 Å². The van der Waals surface area contributed by atoms with Crippen molar-refractivity contribution in [1.29, 1.82) is 0 Å². The lowest BCUT2D eigenvalue weighted by Gasteiger charge is -2.17. The standard InChI is InChI=1S/C19H19N3O3/c1-25-18(14-7-3-2-4-8-14)12-20-19(24)13-22-16-10-6-5-9-15(16)17(23)11-21-22/h2-11,18H,12-13H2,1H3,(H,20,24). The number of hydrogen-bond acceptors (Lipinski definition) is 4. The first-order valence-corrected chi connectivity index (χ1v) is 7.98.